The molecule has 0 saturated carbocycles. The molecule has 0 amide bonds. The molecule has 234 valence electrons. The highest BCUT2D eigenvalue weighted by molar-refractivity contribution is 6.09. The van der Waals surface area contributed by atoms with Crippen molar-refractivity contribution in [3.63, 3.8) is 0 Å². The summed E-state index contributed by atoms with van der Waals surface area (Å²) in [5.74, 6) is 0.657. The van der Waals surface area contributed by atoms with Crippen LogP contribution in [0, 0.1) is 0 Å². The Morgan fingerprint density at radius 1 is 0.400 bits per heavy atom. The van der Waals surface area contributed by atoms with E-state index in [1.54, 1.807) is 0 Å². The van der Waals surface area contributed by atoms with Gasteiger partial charge in [0.25, 0.3) is 0 Å². The van der Waals surface area contributed by atoms with Gasteiger partial charge < -0.3 is 8.98 Å². The zero-order chi connectivity index (χ0) is 33.0. The van der Waals surface area contributed by atoms with Crippen molar-refractivity contribution in [3.05, 3.63) is 176 Å². The number of nitrogens with zero attached hydrogens (tertiary/aromatic N) is 3. The molecule has 10 rings (SSSR count). The summed E-state index contributed by atoms with van der Waals surface area (Å²) in [5, 5.41) is 3.47. The van der Waals surface area contributed by atoms with Crippen LogP contribution < -0.4 is 0 Å². The molecule has 0 aliphatic carbocycles. The van der Waals surface area contributed by atoms with Gasteiger partial charge in [-0.15, -0.1) is 0 Å². The summed E-state index contributed by atoms with van der Waals surface area (Å²) in [6, 6.07) is 61.5. The van der Waals surface area contributed by atoms with Crippen LogP contribution in [0.1, 0.15) is 0 Å². The fourth-order valence-electron chi connectivity index (χ4n) is 7.26. The van der Waals surface area contributed by atoms with Crippen molar-refractivity contribution in [2.24, 2.45) is 0 Å². The molecular formula is C46H29N3O. The van der Waals surface area contributed by atoms with Crippen LogP contribution in [0.25, 0.3) is 94.5 Å². The fourth-order valence-corrected chi connectivity index (χ4v) is 7.26. The van der Waals surface area contributed by atoms with Crippen LogP contribution in [-0.2, 0) is 0 Å². The minimum absolute atomic E-state index is 0.657. The lowest BCUT2D eigenvalue weighted by atomic mass is 10.0. The predicted octanol–water partition coefficient (Wildman–Crippen LogP) is 12.1. The minimum atomic E-state index is 0.657. The van der Waals surface area contributed by atoms with E-state index in [0.717, 1.165) is 61.2 Å². The van der Waals surface area contributed by atoms with Gasteiger partial charge in [-0.05, 0) is 70.8 Å². The Kier molecular flexibility index (Phi) is 6.46. The van der Waals surface area contributed by atoms with Gasteiger partial charge in [-0.2, -0.15) is 0 Å². The van der Waals surface area contributed by atoms with Crippen molar-refractivity contribution < 1.29 is 4.42 Å². The van der Waals surface area contributed by atoms with Crippen LogP contribution in [0.3, 0.4) is 0 Å². The number of hydrogen-bond donors (Lipinski definition) is 0. The molecule has 3 heterocycles. The Balaban J connectivity index is 1.12. The molecule has 7 aromatic carbocycles. The molecule has 10 aromatic rings. The largest absolute Gasteiger partial charge is 0.452 e. The van der Waals surface area contributed by atoms with Gasteiger partial charge in [-0.25, -0.2) is 9.97 Å². The third-order valence-corrected chi connectivity index (χ3v) is 9.60. The van der Waals surface area contributed by atoms with Gasteiger partial charge in [0.2, 0.25) is 0 Å². The van der Waals surface area contributed by atoms with E-state index in [4.69, 9.17) is 14.4 Å². The van der Waals surface area contributed by atoms with Gasteiger partial charge in [0.15, 0.2) is 11.4 Å². The SMILES string of the molecule is c1ccc(-c2cccc(-c3nc(-c4cccc(-c5cccc(-n6c7ccccc7c7ccccc76)c5)c4)nc4c3oc3ccccc34)c2)cc1. The first kappa shape index (κ1) is 28.3. The first-order valence-corrected chi connectivity index (χ1v) is 16.8. The topological polar surface area (TPSA) is 43.9 Å². The van der Waals surface area contributed by atoms with Crippen molar-refractivity contribution >= 4 is 43.9 Å². The smallest absolute Gasteiger partial charge is 0.180 e. The lowest BCUT2D eigenvalue weighted by Gasteiger charge is -2.11. The Morgan fingerprint density at radius 3 is 1.70 bits per heavy atom. The summed E-state index contributed by atoms with van der Waals surface area (Å²) in [5.41, 5.74) is 13.0. The molecule has 0 aliphatic heterocycles. The fraction of sp³-hybridized carbons (Fsp3) is 0. The highest BCUT2D eigenvalue weighted by Gasteiger charge is 2.19. The normalized spacial score (nSPS) is 11.6. The zero-order valence-corrected chi connectivity index (χ0v) is 27.0. The van der Waals surface area contributed by atoms with Gasteiger partial charge in [0.1, 0.15) is 16.8 Å². The second kappa shape index (κ2) is 11.4. The summed E-state index contributed by atoms with van der Waals surface area (Å²) in [4.78, 5) is 10.4. The van der Waals surface area contributed by atoms with E-state index in [9.17, 15) is 0 Å². The molecule has 0 atom stereocenters. The first-order valence-electron chi connectivity index (χ1n) is 16.8. The van der Waals surface area contributed by atoms with Crippen molar-refractivity contribution in [2.75, 3.05) is 0 Å². The summed E-state index contributed by atoms with van der Waals surface area (Å²) >= 11 is 0. The number of fused-ring (bicyclic) bond motifs is 6. The third-order valence-electron chi connectivity index (χ3n) is 9.60. The van der Waals surface area contributed by atoms with E-state index < -0.39 is 0 Å². The van der Waals surface area contributed by atoms with E-state index in [1.807, 2.05) is 24.3 Å². The van der Waals surface area contributed by atoms with E-state index in [0.29, 0.717) is 11.4 Å². The van der Waals surface area contributed by atoms with Crippen molar-refractivity contribution in [2.45, 2.75) is 0 Å². The van der Waals surface area contributed by atoms with E-state index in [-0.39, 0.29) is 0 Å². The van der Waals surface area contributed by atoms with Crippen molar-refractivity contribution in [3.8, 4) is 50.6 Å². The van der Waals surface area contributed by atoms with Gasteiger partial charge >= 0.3 is 0 Å². The Morgan fingerprint density at radius 2 is 0.940 bits per heavy atom. The molecule has 0 radical (unpaired) electrons. The highest BCUT2D eigenvalue weighted by atomic mass is 16.3. The van der Waals surface area contributed by atoms with Crippen LogP contribution >= 0.6 is 0 Å². The number of benzene rings is 7. The summed E-state index contributed by atoms with van der Waals surface area (Å²) in [6.07, 6.45) is 0. The molecule has 4 heteroatoms. The molecule has 0 fully saturated rings. The standard InChI is InChI=1S/C46H29N3O/c1-2-13-30(14-3-1)31-15-10-18-34(27-31)43-45-44(39-23-6-9-26-42(39)50-45)48-46(47-43)35-19-11-16-32(28-35)33-17-12-20-36(29-33)49-40-24-7-4-21-37(40)38-22-5-8-25-41(38)49/h1-29H. The monoisotopic (exact) mass is 639 g/mol. The quantitative estimate of drug-likeness (QED) is 0.188. The van der Waals surface area contributed by atoms with Crippen LogP contribution in [-0.4, -0.2) is 14.5 Å². The van der Waals surface area contributed by atoms with E-state index in [2.05, 4.69) is 156 Å². The van der Waals surface area contributed by atoms with Crippen molar-refractivity contribution in [1.29, 1.82) is 0 Å². The van der Waals surface area contributed by atoms with Crippen molar-refractivity contribution in [1.82, 2.24) is 14.5 Å². The second-order valence-electron chi connectivity index (χ2n) is 12.6. The summed E-state index contributed by atoms with van der Waals surface area (Å²) < 4.78 is 8.81. The van der Waals surface area contributed by atoms with Crippen LogP contribution in [0.4, 0.5) is 0 Å². The number of para-hydroxylation sites is 3. The number of furan rings is 1. The molecule has 4 nitrogen and oxygen atoms in total. The highest BCUT2D eigenvalue weighted by Crippen LogP contribution is 2.38. The molecule has 0 spiro atoms. The molecule has 0 aliphatic rings. The maximum Gasteiger partial charge on any atom is 0.180 e. The Bertz CT molecular complexity index is 2830. The maximum absolute atomic E-state index is 6.45. The molecule has 50 heavy (non-hydrogen) atoms. The van der Waals surface area contributed by atoms with Gasteiger partial charge in [0.05, 0.1) is 11.0 Å². The first-order chi connectivity index (χ1) is 24.8. The third kappa shape index (κ3) is 4.61. The lowest BCUT2D eigenvalue weighted by Crippen LogP contribution is -1.95. The zero-order valence-electron chi connectivity index (χ0n) is 27.0. The van der Waals surface area contributed by atoms with Gasteiger partial charge in [-0.1, -0.05) is 127 Å². The maximum atomic E-state index is 6.45. The predicted molar refractivity (Wildman–Crippen MR) is 205 cm³/mol. The second-order valence-corrected chi connectivity index (χ2v) is 12.6. The number of hydrogen-bond acceptors (Lipinski definition) is 3. The summed E-state index contributed by atoms with van der Waals surface area (Å²) in [7, 11) is 0. The number of rotatable bonds is 5. The number of aromatic nitrogens is 3. The molecule has 0 N–H and O–H groups in total. The minimum Gasteiger partial charge on any atom is -0.452 e. The van der Waals surface area contributed by atoms with Crippen LogP contribution in [0.15, 0.2) is 180 Å². The molecular weight excluding hydrogens is 611 g/mol. The van der Waals surface area contributed by atoms with Crippen LogP contribution in [0.5, 0.6) is 0 Å². The molecule has 3 aromatic heterocycles. The Labute approximate surface area is 288 Å². The summed E-state index contributed by atoms with van der Waals surface area (Å²) in [6.45, 7) is 0. The molecule has 0 unspecified atom stereocenters. The van der Waals surface area contributed by atoms with Gasteiger partial charge in [0, 0.05) is 33.0 Å². The van der Waals surface area contributed by atoms with E-state index >= 15 is 0 Å². The molecule has 0 saturated heterocycles. The molecule has 0 bridgehead atoms. The average Bonchev–Trinajstić information content (AvgIpc) is 3.74. The average molecular weight is 640 g/mol. The van der Waals surface area contributed by atoms with Crippen LogP contribution in [0.2, 0.25) is 0 Å². The lowest BCUT2D eigenvalue weighted by molar-refractivity contribution is 0.667. The Hall–Kier alpha value is -6.78. The van der Waals surface area contributed by atoms with E-state index in [1.165, 1.54) is 21.8 Å². The van der Waals surface area contributed by atoms with Gasteiger partial charge in [-0.3, -0.25) is 0 Å².